The molecule has 10 aromatic carbocycles. The minimum Gasteiger partial charge on any atom is -0.457 e. The Kier molecular flexibility index (Phi) is 15.0. The van der Waals surface area contributed by atoms with Crippen LogP contribution in [-0.2, 0) is 29.5 Å². The van der Waals surface area contributed by atoms with Crippen molar-refractivity contribution in [3.8, 4) is 93.7 Å². The summed E-state index contributed by atoms with van der Waals surface area (Å²) in [5.74, 6) is 10.5. The van der Waals surface area contributed by atoms with Crippen molar-refractivity contribution in [3.63, 3.8) is 0 Å². The molecular formula is C64H42O12S3. The Balaban J connectivity index is 0.696. The van der Waals surface area contributed by atoms with Crippen LogP contribution < -0.4 is 28.4 Å². The molecule has 79 heavy (non-hydrogen) atoms. The molecule has 0 radical (unpaired) electrons. The zero-order valence-corrected chi connectivity index (χ0v) is 43.8. The molecule has 15 heteroatoms. The summed E-state index contributed by atoms with van der Waals surface area (Å²) in [6, 6.07) is 63.9. The van der Waals surface area contributed by atoms with Gasteiger partial charge in [0.25, 0.3) is 0 Å². The van der Waals surface area contributed by atoms with E-state index in [0.29, 0.717) is 74.6 Å². The Morgan fingerprint density at radius 2 is 0.430 bits per heavy atom. The van der Waals surface area contributed by atoms with Gasteiger partial charge in [-0.1, -0.05) is 24.0 Å². The van der Waals surface area contributed by atoms with Gasteiger partial charge in [0, 0.05) is 17.2 Å². The molecular weight excluding hydrogens is 1060 g/mol. The van der Waals surface area contributed by atoms with Crippen molar-refractivity contribution >= 4 is 29.5 Å². The van der Waals surface area contributed by atoms with E-state index < -0.39 is 29.5 Å². The van der Waals surface area contributed by atoms with Gasteiger partial charge in [0.05, 0.1) is 29.4 Å². The Bertz CT molecular complexity index is 4230. The third-order valence-electron chi connectivity index (χ3n) is 11.9. The maximum absolute atomic E-state index is 13.6. The number of sulfone groups is 3. The quantitative estimate of drug-likeness (QED) is 0.0750. The number of benzene rings is 10. The lowest BCUT2D eigenvalue weighted by atomic mass is 10.2. The molecule has 0 atom stereocenters. The molecule has 0 saturated heterocycles. The van der Waals surface area contributed by atoms with E-state index in [4.69, 9.17) is 41.3 Å². The largest absolute Gasteiger partial charge is 0.457 e. The van der Waals surface area contributed by atoms with E-state index in [0.717, 1.165) is 5.56 Å². The van der Waals surface area contributed by atoms with Crippen molar-refractivity contribution in [3.05, 3.63) is 254 Å². The summed E-state index contributed by atoms with van der Waals surface area (Å²) in [4.78, 5) is 0.477. The van der Waals surface area contributed by atoms with Gasteiger partial charge in [-0.2, -0.15) is 0 Å². The molecule has 0 aliphatic heterocycles. The zero-order chi connectivity index (χ0) is 55.0. The van der Waals surface area contributed by atoms with Crippen molar-refractivity contribution in [2.24, 2.45) is 0 Å². The number of hydrogen-bond acceptors (Lipinski definition) is 12. The summed E-state index contributed by atoms with van der Waals surface area (Å²) in [6.45, 7) is 0. The molecule has 10 rings (SSSR count). The van der Waals surface area contributed by atoms with E-state index in [1.807, 2.05) is 0 Å². The van der Waals surface area contributed by atoms with Gasteiger partial charge in [0.15, 0.2) is 0 Å². The maximum Gasteiger partial charge on any atom is 0.206 e. The van der Waals surface area contributed by atoms with Gasteiger partial charge in [-0.15, -0.1) is 12.8 Å². The van der Waals surface area contributed by atoms with Crippen LogP contribution in [0.15, 0.2) is 272 Å². The van der Waals surface area contributed by atoms with Crippen LogP contribution in [0.4, 0.5) is 0 Å². The van der Waals surface area contributed by atoms with Crippen LogP contribution in [0.25, 0.3) is 0 Å². The third kappa shape index (κ3) is 12.5. The molecule has 0 saturated carbocycles. The van der Waals surface area contributed by atoms with Crippen molar-refractivity contribution in [1.82, 2.24) is 0 Å². The van der Waals surface area contributed by atoms with E-state index >= 15 is 0 Å². The molecule has 0 bridgehead atoms. The van der Waals surface area contributed by atoms with Crippen LogP contribution in [0.2, 0.25) is 0 Å². The zero-order valence-electron chi connectivity index (χ0n) is 41.4. The van der Waals surface area contributed by atoms with Crippen LogP contribution in [0.1, 0.15) is 11.1 Å². The fourth-order valence-electron chi connectivity index (χ4n) is 7.79. The minimum absolute atomic E-state index is 0.0535. The molecule has 0 unspecified atom stereocenters. The second-order valence-corrected chi connectivity index (χ2v) is 23.1. The Morgan fingerprint density at radius 3 is 0.684 bits per heavy atom. The van der Waals surface area contributed by atoms with E-state index in [1.54, 1.807) is 170 Å². The molecule has 0 spiro atoms. The fraction of sp³-hybridized carbons (Fsp3) is 0. The summed E-state index contributed by atoms with van der Waals surface area (Å²) in [6.07, 6.45) is 10.9. The van der Waals surface area contributed by atoms with Crippen LogP contribution in [-0.4, -0.2) is 25.3 Å². The number of ether oxygens (including phenoxy) is 6. The van der Waals surface area contributed by atoms with Gasteiger partial charge >= 0.3 is 0 Å². The first-order chi connectivity index (χ1) is 38.2. The van der Waals surface area contributed by atoms with Gasteiger partial charge in [0.1, 0.15) is 69.0 Å². The van der Waals surface area contributed by atoms with Crippen molar-refractivity contribution in [1.29, 1.82) is 0 Å². The monoisotopic (exact) mass is 1100 g/mol. The summed E-state index contributed by atoms with van der Waals surface area (Å²) < 4.78 is 117. The highest BCUT2D eigenvalue weighted by atomic mass is 32.2. The molecule has 0 fully saturated rings. The first kappa shape index (κ1) is 52.4. The smallest absolute Gasteiger partial charge is 0.206 e. The molecule has 10 aromatic rings. The SMILES string of the molecule is C#Cc1ccc(Oc2ccc(S(=O)(=O)c3ccc(Oc4ccc(Oc5ccc(S(=O)(=O)c6ccc(Oc7cccc(Oc8ccc(S(=O)(=O)c9ccc(Oc%10cccc(C#C)c%10)cc9)cc8)c7)cc6)cc5)cc4)cc3)cc2)cc1. The van der Waals surface area contributed by atoms with Crippen LogP contribution in [0.3, 0.4) is 0 Å². The maximum atomic E-state index is 13.6. The fourth-order valence-corrected chi connectivity index (χ4v) is 11.6. The minimum atomic E-state index is -3.91. The van der Waals surface area contributed by atoms with E-state index in [-0.39, 0.29) is 29.4 Å². The lowest BCUT2D eigenvalue weighted by Crippen LogP contribution is -2.02. The van der Waals surface area contributed by atoms with Gasteiger partial charge in [0.2, 0.25) is 29.5 Å². The highest BCUT2D eigenvalue weighted by molar-refractivity contribution is 7.92. The summed E-state index contributed by atoms with van der Waals surface area (Å²) in [7, 11) is -11.6. The third-order valence-corrected chi connectivity index (χ3v) is 17.2. The topological polar surface area (TPSA) is 158 Å². The first-order valence-corrected chi connectivity index (χ1v) is 28.4. The van der Waals surface area contributed by atoms with Crippen molar-refractivity contribution in [2.75, 3.05) is 0 Å². The highest BCUT2D eigenvalue weighted by Gasteiger charge is 2.21. The first-order valence-electron chi connectivity index (χ1n) is 24.0. The summed E-state index contributed by atoms with van der Waals surface area (Å²) >= 11 is 0. The molecule has 388 valence electrons. The average Bonchev–Trinajstić information content (AvgIpc) is 3.53. The molecule has 0 amide bonds. The standard InChI is InChI=1S/C64H42O12S3/c1-3-45-11-13-47(14-12-45)71-50-19-31-59(32-20-50)77(65,66)60-33-21-51(22-34-60)72-48-15-17-49(18-16-48)73-52-23-35-61(36-24-52)78(67,68)63-39-27-54(28-40-63)75-57-9-6-10-58(44-57)76-55-29-41-64(42-30-55)79(69,70)62-37-25-53(26-38-62)74-56-8-5-7-46(4-2)43-56/h1-2,5-44H. The normalized spacial score (nSPS) is 11.3. The second kappa shape index (κ2) is 22.7. The van der Waals surface area contributed by atoms with Gasteiger partial charge in [-0.3, -0.25) is 0 Å². The van der Waals surface area contributed by atoms with E-state index in [9.17, 15) is 25.3 Å². The molecule has 0 heterocycles. The molecule has 0 N–H and O–H groups in total. The summed E-state index contributed by atoms with van der Waals surface area (Å²) in [5, 5.41) is 0. The number of hydrogen-bond donors (Lipinski definition) is 0. The van der Waals surface area contributed by atoms with Crippen molar-refractivity contribution in [2.45, 2.75) is 29.4 Å². The van der Waals surface area contributed by atoms with Gasteiger partial charge in [-0.05, 0) is 224 Å². The second-order valence-electron chi connectivity index (χ2n) is 17.2. The lowest BCUT2D eigenvalue weighted by Gasteiger charge is -2.11. The van der Waals surface area contributed by atoms with Crippen LogP contribution in [0.5, 0.6) is 69.0 Å². The van der Waals surface area contributed by atoms with E-state index in [2.05, 4.69) is 11.8 Å². The Hall–Kier alpha value is -10.0. The highest BCUT2D eigenvalue weighted by Crippen LogP contribution is 2.35. The predicted molar refractivity (Wildman–Crippen MR) is 297 cm³/mol. The number of terminal acetylenes is 2. The number of rotatable bonds is 18. The molecule has 12 nitrogen and oxygen atoms in total. The van der Waals surface area contributed by atoms with E-state index in [1.165, 1.54) is 72.8 Å². The lowest BCUT2D eigenvalue weighted by molar-refractivity contribution is 0.460. The van der Waals surface area contributed by atoms with Gasteiger partial charge in [-0.25, -0.2) is 25.3 Å². The Morgan fingerprint density at radius 1 is 0.228 bits per heavy atom. The Labute approximate surface area is 457 Å². The van der Waals surface area contributed by atoms with Crippen LogP contribution in [0, 0.1) is 24.7 Å². The molecule has 0 aliphatic carbocycles. The molecule has 0 aromatic heterocycles. The van der Waals surface area contributed by atoms with Gasteiger partial charge < -0.3 is 28.4 Å². The van der Waals surface area contributed by atoms with Crippen molar-refractivity contribution < 1.29 is 53.7 Å². The summed E-state index contributed by atoms with van der Waals surface area (Å²) in [5.41, 5.74) is 1.38. The molecule has 0 aliphatic rings. The predicted octanol–water partition coefficient (Wildman–Crippen LogP) is 14.9. The average molecular weight is 1100 g/mol. The van der Waals surface area contributed by atoms with Crippen LogP contribution >= 0.6 is 0 Å².